The number of hydrogen-bond donors (Lipinski definition) is 1. The number of ether oxygens (including phenoxy) is 1. The van der Waals surface area contributed by atoms with Crippen LogP contribution < -0.4 is 10.5 Å². The number of nitrogens with zero attached hydrogens (tertiary/aromatic N) is 2. The van der Waals surface area contributed by atoms with Crippen molar-refractivity contribution in [2.45, 2.75) is 39.5 Å². The van der Waals surface area contributed by atoms with Gasteiger partial charge in [0.2, 0.25) is 11.8 Å². The van der Waals surface area contributed by atoms with Crippen LogP contribution >= 0.6 is 0 Å². The maximum absolute atomic E-state index is 13.7. The second-order valence-electron chi connectivity index (χ2n) is 5.92. The number of halogens is 1. The summed E-state index contributed by atoms with van der Waals surface area (Å²) in [7, 11) is 0. The highest BCUT2D eigenvalue weighted by atomic mass is 19.1. The molecule has 0 aliphatic rings. The number of nitrogen functional groups attached to an aromatic ring is 1. The van der Waals surface area contributed by atoms with Gasteiger partial charge in [-0.25, -0.2) is 4.98 Å². The molecule has 0 atom stereocenters. The molecule has 2 aromatic rings. The van der Waals surface area contributed by atoms with Crippen molar-refractivity contribution in [2.75, 3.05) is 5.73 Å². The van der Waals surface area contributed by atoms with E-state index in [1.165, 1.54) is 5.56 Å². The zero-order valence-electron chi connectivity index (χ0n) is 12.8. The molecule has 0 saturated carbocycles. The fraction of sp³-hybridized carbons (Fsp3) is 0.375. The van der Waals surface area contributed by atoms with Gasteiger partial charge in [-0.1, -0.05) is 39.8 Å². The van der Waals surface area contributed by atoms with Gasteiger partial charge in [-0.3, -0.25) is 0 Å². The fourth-order valence-electron chi connectivity index (χ4n) is 2.01. The van der Waals surface area contributed by atoms with Gasteiger partial charge >= 0.3 is 0 Å². The molecule has 0 bridgehead atoms. The van der Waals surface area contributed by atoms with Gasteiger partial charge in [0.25, 0.3) is 5.88 Å². The van der Waals surface area contributed by atoms with E-state index in [0.717, 1.165) is 18.2 Å². The van der Waals surface area contributed by atoms with Crippen molar-refractivity contribution in [3.8, 4) is 11.6 Å². The Kier molecular flexibility index (Phi) is 4.11. The first-order valence-corrected chi connectivity index (χ1v) is 6.90. The fourth-order valence-corrected chi connectivity index (χ4v) is 2.01. The number of aromatic nitrogens is 2. The molecule has 1 heterocycles. The van der Waals surface area contributed by atoms with E-state index in [2.05, 4.69) is 43.7 Å². The maximum atomic E-state index is 13.7. The predicted molar refractivity (Wildman–Crippen MR) is 81.0 cm³/mol. The summed E-state index contributed by atoms with van der Waals surface area (Å²) in [5.41, 5.74) is 7.55. The second-order valence-corrected chi connectivity index (χ2v) is 5.92. The van der Waals surface area contributed by atoms with Crippen LogP contribution in [0.5, 0.6) is 11.6 Å². The molecule has 1 aromatic carbocycles. The average Bonchev–Trinajstić information content (AvgIpc) is 2.42. The van der Waals surface area contributed by atoms with E-state index in [1.807, 2.05) is 12.1 Å². The Bertz CT molecular complexity index is 650. The Hall–Kier alpha value is -2.17. The minimum absolute atomic E-state index is 0.0195. The summed E-state index contributed by atoms with van der Waals surface area (Å²) in [6.45, 7) is 8.34. The van der Waals surface area contributed by atoms with Crippen LogP contribution in [-0.4, -0.2) is 9.97 Å². The zero-order valence-corrected chi connectivity index (χ0v) is 12.8. The van der Waals surface area contributed by atoms with Crippen molar-refractivity contribution >= 4 is 5.95 Å². The Morgan fingerprint density at radius 3 is 2.62 bits per heavy atom. The molecule has 0 fully saturated rings. The number of benzene rings is 1. The Labute approximate surface area is 124 Å². The summed E-state index contributed by atoms with van der Waals surface area (Å²) in [5.74, 6) is -0.230. The minimum atomic E-state index is -0.636. The van der Waals surface area contributed by atoms with Crippen LogP contribution in [0.15, 0.2) is 24.4 Å². The maximum Gasteiger partial charge on any atom is 0.260 e. The van der Waals surface area contributed by atoms with Gasteiger partial charge in [-0.05, 0) is 23.5 Å². The third kappa shape index (κ3) is 3.48. The first-order chi connectivity index (χ1) is 9.81. The van der Waals surface area contributed by atoms with Gasteiger partial charge in [0.15, 0.2) is 0 Å². The van der Waals surface area contributed by atoms with Gasteiger partial charge < -0.3 is 10.5 Å². The van der Waals surface area contributed by atoms with Crippen molar-refractivity contribution in [2.24, 2.45) is 0 Å². The van der Waals surface area contributed by atoms with Crippen LogP contribution in [0.4, 0.5) is 10.3 Å². The molecular formula is C16H20FN3O. The lowest BCUT2D eigenvalue weighted by molar-refractivity contribution is 0.406. The second kappa shape index (κ2) is 5.68. The van der Waals surface area contributed by atoms with E-state index in [4.69, 9.17) is 10.5 Å². The van der Waals surface area contributed by atoms with Crippen LogP contribution in [-0.2, 0) is 11.8 Å². The summed E-state index contributed by atoms with van der Waals surface area (Å²) in [5, 5.41) is 0. The largest absolute Gasteiger partial charge is 0.436 e. The average molecular weight is 289 g/mol. The van der Waals surface area contributed by atoms with Crippen molar-refractivity contribution in [3.63, 3.8) is 0 Å². The third-order valence-corrected chi connectivity index (χ3v) is 3.20. The summed E-state index contributed by atoms with van der Waals surface area (Å²) >= 11 is 0. The number of aryl methyl sites for hydroxylation is 1. The SMILES string of the molecule is CCc1ccc(Oc2nc(N)ncc2F)c(C(C)(C)C)c1. The molecule has 0 aliphatic carbocycles. The topological polar surface area (TPSA) is 61.0 Å². The molecule has 112 valence electrons. The molecule has 0 radical (unpaired) electrons. The molecule has 0 aliphatic heterocycles. The highest BCUT2D eigenvalue weighted by Gasteiger charge is 2.21. The zero-order chi connectivity index (χ0) is 15.6. The van der Waals surface area contributed by atoms with Gasteiger partial charge in [0.05, 0.1) is 6.20 Å². The quantitative estimate of drug-likeness (QED) is 0.932. The van der Waals surface area contributed by atoms with E-state index < -0.39 is 5.82 Å². The standard InChI is InChI=1S/C16H20FN3O/c1-5-10-6-7-13(11(8-10)16(2,3)4)21-14-12(17)9-19-15(18)20-14/h6-9H,5H2,1-4H3,(H2,18,19,20). The molecule has 1 aromatic heterocycles. The first-order valence-electron chi connectivity index (χ1n) is 6.90. The molecule has 0 spiro atoms. The van der Waals surface area contributed by atoms with E-state index in [1.54, 1.807) is 0 Å². The molecule has 0 saturated heterocycles. The number of anilines is 1. The van der Waals surface area contributed by atoms with Gasteiger partial charge in [0.1, 0.15) is 5.75 Å². The molecule has 2 rings (SSSR count). The molecule has 0 amide bonds. The molecule has 0 unspecified atom stereocenters. The Morgan fingerprint density at radius 2 is 2.00 bits per heavy atom. The number of nitrogens with two attached hydrogens (primary N) is 1. The Balaban J connectivity index is 2.46. The van der Waals surface area contributed by atoms with Crippen molar-refractivity contribution in [1.29, 1.82) is 0 Å². The summed E-state index contributed by atoms with van der Waals surface area (Å²) in [6.07, 6.45) is 1.94. The summed E-state index contributed by atoms with van der Waals surface area (Å²) < 4.78 is 19.4. The third-order valence-electron chi connectivity index (χ3n) is 3.20. The smallest absolute Gasteiger partial charge is 0.260 e. The first kappa shape index (κ1) is 15.2. The van der Waals surface area contributed by atoms with Gasteiger partial charge in [0, 0.05) is 5.56 Å². The lowest BCUT2D eigenvalue weighted by Gasteiger charge is -2.23. The van der Waals surface area contributed by atoms with Crippen LogP contribution in [0.25, 0.3) is 0 Å². The van der Waals surface area contributed by atoms with Crippen molar-refractivity contribution < 1.29 is 9.13 Å². The van der Waals surface area contributed by atoms with Gasteiger partial charge in [-0.15, -0.1) is 0 Å². The Morgan fingerprint density at radius 1 is 1.29 bits per heavy atom. The molecule has 5 heteroatoms. The van der Waals surface area contributed by atoms with Crippen molar-refractivity contribution in [1.82, 2.24) is 9.97 Å². The van der Waals surface area contributed by atoms with E-state index in [9.17, 15) is 4.39 Å². The van der Waals surface area contributed by atoms with E-state index in [0.29, 0.717) is 5.75 Å². The lowest BCUT2D eigenvalue weighted by atomic mass is 9.85. The van der Waals surface area contributed by atoms with Gasteiger partial charge in [-0.2, -0.15) is 9.37 Å². The predicted octanol–water partition coefficient (Wildman–Crippen LogP) is 3.85. The molecule has 4 nitrogen and oxygen atoms in total. The number of rotatable bonds is 3. The van der Waals surface area contributed by atoms with Crippen LogP contribution in [0.1, 0.15) is 38.8 Å². The lowest BCUT2D eigenvalue weighted by Crippen LogP contribution is -2.13. The normalized spacial score (nSPS) is 11.5. The van der Waals surface area contributed by atoms with Crippen LogP contribution in [0.2, 0.25) is 0 Å². The van der Waals surface area contributed by atoms with E-state index in [-0.39, 0.29) is 17.2 Å². The number of hydrogen-bond acceptors (Lipinski definition) is 4. The van der Waals surface area contributed by atoms with Crippen molar-refractivity contribution in [3.05, 3.63) is 41.3 Å². The van der Waals surface area contributed by atoms with Crippen LogP contribution in [0.3, 0.4) is 0 Å². The highest BCUT2D eigenvalue weighted by molar-refractivity contribution is 5.43. The van der Waals surface area contributed by atoms with Crippen LogP contribution in [0, 0.1) is 5.82 Å². The van der Waals surface area contributed by atoms with E-state index >= 15 is 0 Å². The molecule has 2 N–H and O–H groups in total. The highest BCUT2D eigenvalue weighted by Crippen LogP contribution is 2.35. The summed E-state index contributed by atoms with van der Waals surface area (Å²) in [6, 6.07) is 5.89. The molecular weight excluding hydrogens is 269 g/mol. The monoisotopic (exact) mass is 289 g/mol. The minimum Gasteiger partial charge on any atom is -0.436 e. The molecule has 21 heavy (non-hydrogen) atoms. The summed E-state index contributed by atoms with van der Waals surface area (Å²) in [4.78, 5) is 7.39.